The fraction of sp³-hybridized carbons (Fsp3) is 0.436. The third kappa shape index (κ3) is 9.77. The van der Waals surface area contributed by atoms with E-state index in [1.54, 1.807) is 11.0 Å². The fourth-order valence-corrected chi connectivity index (χ4v) is 7.19. The summed E-state index contributed by atoms with van der Waals surface area (Å²) in [6.07, 6.45) is 14.5. The van der Waals surface area contributed by atoms with Gasteiger partial charge in [-0.25, -0.2) is 4.79 Å². The summed E-state index contributed by atoms with van der Waals surface area (Å²) in [7, 11) is 0. The van der Waals surface area contributed by atoms with Gasteiger partial charge in [-0.05, 0) is 85.9 Å². The van der Waals surface area contributed by atoms with Crippen LogP contribution in [-0.4, -0.2) is 51.9 Å². The van der Waals surface area contributed by atoms with E-state index in [9.17, 15) is 9.59 Å². The van der Waals surface area contributed by atoms with Gasteiger partial charge in [0.2, 0.25) is 5.91 Å². The van der Waals surface area contributed by atoms with Crippen LogP contribution in [0.1, 0.15) is 80.0 Å². The van der Waals surface area contributed by atoms with Gasteiger partial charge < -0.3 is 18.9 Å². The van der Waals surface area contributed by atoms with Crippen molar-refractivity contribution in [3.63, 3.8) is 0 Å². The van der Waals surface area contributed by atoms with Crippen molar-refractivity contribution in [2.45, 2.75) is 90.2 Å². The van der Waals surface area contributed by atoms with Gasteiger partial charge in [0.05, 0.1) is 10.0 Å². The standard InChI is InChI=1S/C39H47Cl2N3O3/c1-30-28-43-24-12-10-21-36(43)34(30)19-9-4-11-25-44(33-17-7-3-8-18-33)37(45)23-27-42(26-22-32-16-13-20-35(40)38(32)41)39(46)47-29-31-14-5-2-6-15-31/h2,5-6,10,12-16,20-21,24,28,33H,3-4,7-9,11,17-19,22-23,25-27,29H2,1H3. The molecular formula is C39H47Cl2N3O3. The molecule has 8 heteroatoms. The monoisotopic (exact) mass is 675 g/mol. The van der Waals surface area contributed by atoms with Gasteiger partial charge in [-0.15, -0.1) is 0 Å². The Morgan fingerprint density at radius 1 is 0.851 bits per heavy atom. The zero-order valence-electron chi connectivity index (χ0n) is 27.5. The molecule has 0 bridgehead atoms. The molecule has 0 aliphatic heterocycles. The molecule has 250 valence electrons. The highest BCUT2D eigenvalue weighted by atomic mass is 35.5. The first kappa shape index (κ1) is 34.8. The molecule has 5 rings (SSSR count). The highest BCUT2D eigenvalue weighted by molar-refractivity contribution is 6.42. The zero-order valence-corrected chi connectivity index (χ0v) is 29.0. The third-order valence-corrected chi connectivity index (χ3v) is 10.3. The number of ether oxygens (including phenoxy) is 1. The van der Waals surface area contributed by atoms with E-state index < -0.39 is 6.09 Å². The molecule has 2 aromatic carbocycles. The minimum atomic E-state index is -0.433. The van der Waals surface area contributed by atoms with E-state index in [1.165, 1.54) is 23.1 Å². The summed E-state index contributed by atoms with van der Waals surface area (Å²) >= 11 is 12.7. The van der Waals surface area contributed by atoms with Crippen LogP contribution in [0.2, 0.25) is 10.0 Å². The minimum absolute atomic E-state index is 0.118. The molecule has 0 spiro atoms. The summed E-state index contributed by atoms with van der Waals surface area (Å²) in [6.45, 7) is 3.79. The Morgan fingerprint density at radius 2 is 1.64 bits per heavy atom. The van der Waals surface area contributed by atoms with Crippen LogP contribution in [0.4, 0.5) is 4.79 Å². The van der Waals surface area contributed by atoms with Crippen molar-refractivity contribution < 1.29 is 14.3 Å². The number of pyridine rings is 1. The van der Waals surface area contributed by atoms with Crippen molar-refractivity contribution in [1.29, 1.82) is 0 Å². The van der Waals surface area contributed by atoms with Gasteiger partial charge in [0.15, 0.2) is 0 Å². The first-order valence-corrected chi connectivity index (χ1v) is 17.9. The first-order chi connectivity index (χ1) is 22.9. The maximum absolute atomic E-state index is 13.9. The largest absolute Gasteiger partial charge is 0.445 e. The van der Waals surface area contributed by atoms with Gasteiger partial charge in [-0.3, -0.25) is 4.79 Å². The number of benzene rings is 2. The Morgan fingerprint density at radius 3 is 2.45 bits per heavy atom. The number of unbranched alkanes of at least 4 members (excludes halogenated alkanes) is 2. The van der Waals surface area contributed by atoms with Crippen LogP contribution in [0.15, 0.2) is 79.1 Å². The van der Waals surface area contributed by atoms with Crippen LogP contribution in [-0.2, 0) is 29.0 Å². The number of nitrogens with zero attached hydrogens (tertiary/aromatic N) is 3. The molecule has 0 unspecified atom stereocenters. The Kier molecular flexibility index (Phi) is 13.1. The number of rotatable bonds is 15. The molecule has 2 amide bonds. The van der Waals surface area contributed by atoms with Crippen molar-refractivity contribution >= 4 is 40.7 Å². The molecule has 6 nitrogen and oxygen atoms in total. The predicted molar refractivity (Wildman–Crippen MR) is 191 cm³/mol. The third-order valence-electron chi connectivity index (χ3n) is 9.41. The van der Waals surface area contributed by atoms with Crippen molar-refractivity contribution in [3.05, 3.63) is 111 Å². The molecule has 0 N–H and O–H groups in total. The molecule has 0 radical (unpaired) electrons. The Bertz CT molecular complexity index is 1600. The van der Waals surface area contributed by atoms with Gasteiger partial charge in [-0.2, -0.15) is 0 Å². The molecule has 0 atom stereocenters. The Hall–Kier alpha value is -3.48. The number of hydrogen-bond acceptors (Lipinski definition) is 3. The van der Waals surface area contributed by atoms with Crippen molar-refractivity contribution in [2.24, 2.45) is 0 Å². The molecule has 1 saturated carbocycles. The quantitative estimate of drug-likeness (QED) is 0.118. The van der Waals surface area contributed by atoms with Crippen LogP contribution in [0, 0.1) is 6.92 Å². The summed E-state index contributed by atoms with van der Waals surface area (Å²) in [5, 5.41) is 0.976. The smallest absolute Gasteiger partial charge is 0.410 e. The normalized spacial score (nSPS) is 13.5. The maximum Gasteiger partial charge on any atom is 0.410 e. The maximum atomic E-state index is 13.9. The summed E-state index contributed by atoms with van der Waals surface area (Å²) < 4.78 is 7.91. The second-order valence-electron chi connectivity index (χ2n) is 12.7. The van der Waals surface area contributed by atoms with Crippen molar-refractivity contribution in [3.8, 4) is 0 Å². The average molecular weight is 677 g/mol. The second kappa shape index (κ2) is 17.6. The van der Waals surface area contributed by atoms with E-state index in [0.29, 0.717) is 23.0 Å². The number of amides is 2. The summed E-state index contributed by atoms with van der Waals surface area (Å²) in [5.41, 5.74) is 5.81. The van der Waals surface area contributed by atoms with Crippen LogP contribution < -0.4 is 0 Å². The number of fused-ring (bicyclic) bond motifs is 1. The van der Waals surface area contributed by atoms with Crippen LogP contribution >= 0.6 is 23.2 Å². The first-order valence-electron chi connectivity index (χ1n) is 17.1. The number of aromatic nitrogens is 1. The second-order valence-corrected chi connectivity index (χ2v) is 13.5. The summed E-state index contributed by atoms with van der Waals surface area (Å²) in [6, 6.07) is 21.8. The molecule has 47 heavy (non-hydrogen) atoms. The number of hydrogen-bond donors (Lipinski definition) is 0. The van der Waals surface area contributed by atoms with Crippen molar-refractivity contribution in [1.82, 2.24) is 14.2 Å². The van der Waals surface area contributed by atoms with E-state index in [4.69, 9.17) is 27.9 Å². The molecule has 4 aromatic rings. The van der Waals surface area contributed by atoms with Gasteiger partial charge in [0.1, 0.15) is 6.61 Å². The van der Waals surface area contributed by atoms with E-state index in [0.717, 1.165) is 69.0 Å². The predicted octanol–water partition coefficient (Wildman–Crippen LogP) is 9.70. The Labute approximate surface area is 289 Å². The topological polar surface area (TPSA) is 54.3 Å². The molecule has 2 aromatic heterocycles. The van der Waals surface area contributed by atoms with Crippen molar-refractivity contribution in [2.75, 3.05) is 19.6 Å². The lowest BCUT2D eigenvalue weighted by molar-refractivity contribution is -0.134. The molecule has 1 aliphatic carbocycles. The molecule has 1 aliphatic rings. The van der Waals surface area contributed by atoms with Crippen LogP contribution in [0.25, 0.3) is 5.52 Å². The van der Waals surface area contributed by atoms with Gasteiger partial charge in [0.25, 0.3) is 0 Å². The van der Waals surface area contributed by atoms with Gasteiger partial charge in [-0.1, -0.05) is 97.4 Å². The van der Waals surface area contributed by atoms with E-state index in [2.05, 4.69) is 46.8 Å². The lowest BCUT2D eigenvalue weighted by atomic mass is 9.93. The number of aryl methyl sites for hydroxylation is 2. The molecule has 2 heterocycles. The van der Waals surface area contributed by atoms with E-state index >= 15 is 0 Å². The molecular weight excluding hydrogens is 629 g/mol. The summed E-state index contributed by atoms with van der Waals surface area (Å²) in [5.74, 6) is 0.118. The lowest BCUT2D eigenvalue weighted by Crippen LogP contribution is -2.44. The number of carbonyl (C=O) groups excluding carboxylic acids is 2. The van der Waals surface area contributed by atoms with Crippen LogP contribution in [0.5, 0.6) is 0 Å². The highest BCUT2D eigenvalue weighted by Gasteiger charge is 2.26. The lowest BCUT2D eigenvalue weighted by Gasteiger charge is -2.35. The van der Waals surface area contributed by atoms with Gasteiger partial charge >= 0.3 is 6.09 Å². The van der Waals surface area contributed by atoms with Crippen LogP contribution in [0.3, 0.4) is 0 Å². The number of halogens is 2. The number of carbonyl (C=O) groups is 2. The average Bonchev–Trinajstić information content (AvgIpc) is 3.42. The fourth-order valence-electron chi connectivity index (χ4n) is 6.78. The SMILES string of the molecule is Cc1cn2ccccc2c1CCCCCN(C(=O)CCN(CCc1cccc(Cl)c1Cl)C(=O)OCc1ccccc1)C1CCCCC1. The highest BCUT2D eigenvalue weighted by Crippen LogP contribution is 2.27. The summed E-state index contributed by atoms with van der Waals surface area (Å²) in [4.78, 5) is 31.0. The van der Waals surface area contributed by atoms with Gasteiger partial charge in [0, 0.05) is 50.0 Å². The zero-order chi connectivity index (χ0) is 33.0. The minimum Gasteiger partial charge on any atom is -0.445 e. The van der Waals surface area contributed by atoms with E-state index in [-0.39, 0.29) is 31.5 Å². The van der Waals surface area contributed by atoms with E-state index in [1.807, 2.05) is 42.5 Å². The Balaban J connectivity index is 1.19. The molecule has 0 saturated heterocycles. The molecule has 1 fully saturated rings.